The van der Waals surface area contributed by atoms with Crippen LogP contribution >= 0.6 is 27.5 Å². The highest BCUT2D eigenvalue weighted by Crippen LogP contribution is 2.32. The molecular formula is C3H4BrClO. The van der Waals surface area contributed by atoms with Crippen LogP contribution in [0, 0.1) is 0 Å². The SMILES string of the molecule is Cl[C@]1(CBr)CO1. The number of hydrogen-bond donors (Lipinski definition) is 0. The van der Waals surface area contributed by atoms with Gasteiger partial charge in [-0.05, 0) is 0 Å². The van der Waals surface area contributed by atoms with E-state index in [1.54, 1.807) is 0 Å². The Morgan fingerprint density at radius 1 is 2.00 bits per heavy atom. The monoisotopic (exact) mass is 170 g/mol. The van der Waals surface area contributed by atoms with Crippen molar-refractivity contribution in [3.05, 3.63) is 0 Å². The molecule has 0 spiro atoms. The molecule has 1 rings (SSSR count). The fourth-order valence-corrected chi connectivity index (χ4v) is 0.534. The Balaban J connectivity index is 2.28. The van der Waals surface area contributed by atoms with Crippen molar-refractivity contribution in [1.29, 1.82) is 0 Å². The van der Waals surface area contributed by atoms with Gasteiger partial charge in [-0.1, -0.05) is 27.5 Å². The first-order chi connectivity index (χ1) is 2.77. The zero-order chi connectivity index (χ0) is 4.62. The molecule has 1 aliphatic heterocycles. The van der Waals surface area contributed by atoms with Crippen LogP contribution < -0.4 is 0 Å². The lowest BCUT2D eigenvalue weighted by atomic mass is 10.6. The Morgan fingerprint density at radius 3 is 2.50 bits per heavy atom. The molecule has 0 aromatic rings. The highest BCUT2D eigenvalue weighted by Gasteiger charge is 2.41. The average molecular weight is 171 g/mol. The summed E-state index contributed by atoms with van der Waals surface area (Å²) in [7, 11) is 0. The molecule has 1 nitrogen and oxygen atoms in total. The summed E-state index contributed by atoms with van der Waals surface area (Å²) in [6, 6.07) is 0. The van der Waals surface area contributed by atoms with Gasteiger partial charge in [-0.25, -0.2) is 0 Å². The molecule has 3 heteroatoms. The summed E-state index contributed by atoms with van der Waals surface area (Å²) in [5, 5.41) is 0.418. The summed E-state index contributed by atoms with van der Waals surface area (Å²) in [6.45, 7) is 0.694. The average Bonchev–Trinajstić information content (AvgIpc) is 2.22. The predicted octanol–water partition coefficient (Wildman–Crippen LogP) is 1.35. The van der Waals surface area contributed by atoms with Crippen molar-refractivity contribution in [3.63, 3.8) is 0 Å². The zero-order valence-electron chi connectivity index (χ0n) is 3.08. The van der Waals surface area contributed by atoms with Crippen molar-refractivity contribution in [3.8, 4) is 0 Å². The zero-order valence-corrected chi connectivity index (χ0v) is 5.42. The normalized spacial score (nSPS) is 43.0. The van der Waals surface area contributed by atoms with E-state index in [-0.39, 0.29) is 5.06 Å². The first-order valence-corrected chi connectivity index (χ1v) is 3.16. The van der Waals surface area contributed by atoms with E-state index < -0.39 is 0 Å². The number of alkyl halides is 2. The molecule has 1 saturated heterocycles. The molecule has 0 saturated carbocycles. The lowest BCUT2D eigenvalue weighted by Crippen LogP contribution is -1.98. The van der Waals surface area contributed by atoms with Crippen LogP contribution in [0.25, 0.3) is 0 Å². The van der Waals surface area contributed by atoms with Gasteiger partial charge in [0.1, 0.15) is 0 Å². The maximum atomic E-state index is 5.56. The van der Waals surface area contributed by atoms with E-state index in [1.165, 1.54) is 0 Å². The predicted molar refractivity (Wildman–Crippen MR) is 28.3 cm³/mol. The summed E-state index contributed by atoms with van der Waals surface area (Å²) in [5.41, 5.74) is 0. The van der Waals surface area contributed by atoms with E-state index in [2.05, 4.69) is 15.9 Å². The minimum Gasteiger partial charge on any atom is -0.352 e. The smallest absolute Gasteiger partial charge is 0.174 e. The number of hydrogen-bond acceptors (Lipinski definition) is 1. The Bertz CT molecular complexity index is 61.8. The second-order valence-corrected chi connectivity index (χ2v) is 2.55. The van der Waals surface area contributed by atoms with Crippen LogP contribution in [0.1, 0.15) is 0 Å². The fraction of sp³-hybridized carbons (Fsp3) is 1.00. The third-order valence-corrected chi connectivity index (χ3v) is 2.24. The topological polar surface area (TPSA) is 12.5 Å². The van der Waals surface area contributed by atoms with E-state index in [1.807, 2.05) is 0 Å². The summed E-state index contributed by atoms with van der Waals surface area (Å²) in [4.78, 5) is 0. The van der Waals surface area contributed by atoms with E-state index in [9.17, 15) is 0 Å². The second kappa shape index (κ2) is 1.35. The molecular weight excluding hydrogens is 167 g/mol. The minimum absolute atomic E-state index is 0.319. The van der Waals surface area contributed by atoms with Gasteiger partial charge in [-0.3, -0.25) is 0 Å². The molecule has 0 unspecified atom stereocenters. The van der Waals surface area contributed by atoms with Crippen LogP contribution in [0.3, 0.4) is 0 Å². The van der Waals surface area contributed by atoms with Gasteiger partial charge in [0.05, 0.1) is 6.61 Å². The number of rotatable bonds is 1. The van der Waals surface area contributed by atoms with Crippen molar-refractivity contribution in [2.24, 2.45) is 0 Å². The minimum atomic E-state index is -0.319. The largest absolute Gasteiger partial charge is 0.352 e. The standard InChI is InChI=1S/C3H4BrClO/c4-1-3(5)2-6-3/h1-2H2/t3-/m0/s1. The third-order valence-electron chi connectivity index (χ3n) is 0.657. The first kappa shape index (κ1) is 4.88. The van der Waals surface area contributed by atoms with Gasteiger partial charge in [-0.2, -0.15) is 0 Å². The molecule has 0 aliphatic carbocycles. The lowest BCUT2D eigenvalue weighted by molar-refractivity contribution is 0.401. The molecule has 0 bridgehead atoms. The first-order valence-electron chi connectivity index (χ1n) is 1.66. The molecule has 1 aliphatic rings. The molecule has 1 fully saturated rings. The van der Waals surface area contributed by atoms with Crippen molar-refractivity contribution in [2.45, 2.75) is 5.06 Å². The fourth-order valence-electron chi connectivity index (χ4n) is 0.155. The van der Waals surface area contributed by atoms with E-state index in [4.69, 9.17) is 16.3 Å². The van der Waals surface area contributed by atoms with Gasteiger partial charge >= 0.3 is 0 Å². The molecule has 1 atom stereocenters. The van der Waals surface area contributed by atoms with Crippen molar-refractivity contribution >= 4 is 27.5 Å². The quantitative estimate of drug-likeness (QED) is 0.429. The second-order valence-electron chi connectivity index (χ2n) is 1.31. The Morgan fingerprint density at radius 2 is 2.50 bits per heavy atom. The van der Waals surface area contributed by atoms with Crippen molar-refractivity contribution < 1.29 is 4.74 Å². The number of epoxide rings is 1. The van der Waals surface area contributed by atoms with Crippen molar-refractivity contribution in [2.75, 3.05) is 11.9 Å². The highest BCUT2D eigenvalue weighted by atomic mass is 79.9. The van der Waals surface area contributed by atoms with Gasteiger partial charge in [0.2, 0.25) is 0 Å². The van der Waals surface area contributed by atoms with Crippen LogP contribution in [0.4, 0.5) is 0 Å². The molecule has 0 radical (unpaired) electrons. The summed E-state index contributed by atoms with van der Waals surface area (Å²) in [6.07, 6.45) is 0. The van der Waals surface area contributed by atoms with Gasteiger partial charge in [0, 0.05) is 5.33 Å². The molecule has 6 heavy (non-hydrogen) atoms. The Labute approximate surface area is 49.7 Å². The molecule has 1 heterocycles. The molecule has 0 aromatic heterocycles. The number of halogens is 2. The van der Waals surface area contributed by atoms with Crippen LogP contribution in [-0.4, -0.2) is 17.0 Å². The highest BCUT2D eigenvalue weighted by molar-refractivity contribution is 9.09. The van der Waals surface area contributed by atoms with Crippen LogP contribution in [-0.2, 0) is 4.74 Å². The van der Waals surface area contributed by atoms with Crippen LogP contribution in [0.2, 0.25) is 0 Å². The van der Waals surface area contributed by atoms with Gasteiger partial charge in [0.15, 0.2) is 5.06 Å². The van der Waals surface area contributed by atoms with Crippen molar-refractivity contribution in [1.82, 2.24) is 0 Å². The molecule has 0 N–H and O–H groups in total. The summed E-state index contributed by atoms with van der Waals surface area (Å²) >= 11 is 8.73. The van der Waals surface area contributed by atoms with Gasteiger partial charge in [-0.15, -0.1) is 0 Å². The molecule has 0 amide bonds. The maximum absolute atomic E-state index is 5.56. The maximum Gasteiger partial charge on any atom is 0.174 e. The van der Waals surface area contributed by atoms with Crippen LogP contribution in [0.15, 0.2) is 0 Å². The summed E-state index contributed by atoms with van der Waals surface area (Å²) < 4.78 is 4.76. The Hall–Kier alpha value is 0.730. The number of ether oxygens (including phenoxy) is 1. The van der Waals surface area contributed by atoms with Gasteiger partial charge in [0.25, 0.3) is 0 Å². The van der Waals surface area contributed by atoms with E-state index >= 15 is 0 Å². The third kappa shape index (κ3) is 0.863. The molecule has 36 valence electrons. The van der Waals surface area contributed by atoms with E-state index in [0.29, 0.717) is 6.61 Å². The van der Waals surface area contributed by atoms with Gasteiger partial charge < -0.3 is 4.74 Å². The lowest BCUT2D eigenvalue weighted by Gasteiger charge is -1.87. The Kier molecular flexibility index (Phi) is 1.10. The molecule has 0 aromatic carbocycles. The summed E-state index contributed by atoms with van der Waals surface area (Å²) in [5.74, 6) is 0. The van der Waals surface area contributed by atoms with E-state index in [0.717, 1.165) is 5.33 Å². The van der Waals surface area contributed by atoms with Crippen LogP contribution in [0.5, 0.6) is 0 Å².